The van der Waals surface area contributed by atoms with Gasteiger partial charge in [-0.1, -0.05) is 24.3 Å². The number of fused-ring (bicyclic) bond motifs is 1. The van der Waals surface area contributed by atoms with E-state index in [1.165, 1.54) is 5.56 Å². The second-order valence-electron chi connectivity index (χ2n) is 4.65. The van der Waals surface area contributed by atoms with E-state index in [9.17, 15) is 17.6 Å². The second-order valence-corrected chi connectivity index (χ2v) is 4.65. The Morgan fingerprint density at radius 1 is 1.32 bits per heavy atom. The maximum Gasteiger partial charge on any atom is 0.319 e. The number of halogens is 4. The van der Waals surface area contributed by atoms with Crippen molar-refractivity contribution < 1.29 is 17.6 Å². The number of hydrogen-bond donors (Lipinski definition) is 2. The fourth-order valence-electron chi connectivity index (χ4n) is 2.24. The Kier molecular flexibility index (Phi) is 4.42. The van der Waals surface area contributed by atoms with Crippen LogP contribution in [0.25, 0.3) is 0 Å². The van der Waals surface area contributed by atoms with Crippen molar-refractivity contribution in [3.05, 3.63) is 35.4 Å². The normalized spacial score (nSPS) is 19.5. The smallest absolute Gasteiger partial charge is 0.309 e. The molecule has 0 fully saturated rings. The monoisotopic (exact) mass is 276 g/mol. The maximum atomic E-state index is 12.8. The van der Waals surface area contributed by atoms with Crippen LogP contribution >= 0.6 is 0 Å². The van der Waals surface area contributed by atoms with E-state index in [0.717, 1.165) is 18.5 Å². The van der Waals surface area contributed by atoms with E-state index in [0.29, 0.717) is 0 Å². The third kappa shape index (κ3) is 3.45. The molecule has 0 aromatic heterocycles. The Hall–Kier alpha value is -1.14. The Bertz CT molecular complexity index is 423. The highest BCUT2D eigenvalue weighted by atomic mass is 19.3. The summed E-state index contributed by atoms with van der Waals surface area (Å²) in [5.41, 5.74) is 2.22. The van der Waals surface area contributed by atoms with Gasteiger partial charge in [0.2, 0.25) is 0 Å². The molecule has 19 heavy (non-hydrogen) atoms. The number of alkyl halides is 4. The van der Waals surface area contributed by atoms with Gasteiger partial charge in [0.05, 0.1) is 6.54 Å². The molecule has 1 aromatic rings. The molecule has 1 aromatic carbocycles. The fourth-order valence-corrected chi connectivity index (χ4v) is 2.24. The van der Waals surface area contributed by atoms with Crippen molar-refractivity contribution in [1.82, 2.24) is 10.6 Å². The van der Waals surface area contributed by atoms with E-state index in [1.54, 1.807) is 0 Å². The molecule has 1 unspecified atom stereocenters. The first-order chi connectivity index (χ1) is 9.00. The molecule has 2 N–H and O–H groups in total. The minimum absolute atomic E-state index is 0.113. The first kappa shape index (κ1) is 14.3. The summed E-state index contributed by atoms with van der Waals surface area (Å²) in [6, 6.07) is 7.63. The number of benzene rings is 1. The van der Waals surface area contributed by atoms with E-state index >= 15 is 0 Å². The molecule has 6 heteroatoms. The molecule has 0 radical (unpaired) electrons. The minimum Gasteiger partial charge on any atom is -0.309 e. The molecule has 2 nitrogen and oxygen atoms in total. The average Bonchev–Trinajstić information content (AvgIpc) is 2.38. The van der Waals surface area contributed by atoms with Crippen molar-refractivity contribution in [2.24, 2.45) is 0 Å². The largest absolute Gasteiger partial charge is 0.319 e. The van der Waals surface area contributed by atoms with E-state index in [-0.39, 0.29) is 12.6 Å². The second kappa shape index (κ2) is 5.88. The van der Waals surface area contributed by atoms with Gasteiger partial charge in [-0.05, 0) is 24.1 Å². The van der Waals surface area contributed by atoms with Crippen LogP contribution in [0.1, 0.15) is 17.2 Å². The van der Waals surface area contributed by atoms with Gasteiger partial charge >= 0.3 is 12.3 Å². The van der Waals surface area contributed by atoms with Crippen molar-refractivity contribution in [3.63, 3.8) is 0 Å². The van der Waals surface area contributed by atoms with Crippen molar-refractivity contribution >= 4 is 0 Å². The maximum absolute atomic E-state index is 12.8. The van der Waals surface area contributed by atoms with Crippen LogP contribution in [0.2, 0.25) is 0 Å². The molecule has 1 heterocycles. The summed E-state index contributed by atoms with van der Waals surface area (Å²) in [5.74, 6) is -3.98. The van der Waals surface area contributed by atoms with Crippen LogP contribution in [0.4, 0.5) is 17.6 Å². The van der Waals surface area contributed by atoms with Crippen LogP contribution in [-0.4, -0.2) is 32.0 Å². The zero-order valence-corrected chi connectivity index (χ0v) is 10.3. The number of hydrogen-bond acceptors (Lipinski definition) is 2. The summed E-state index contributed by atoms with van der Waals surface area (Å²) in [6.07, 6.45) is -2.74. The van der Waals surface area contributed by atoms with E-state index in [4.69, 9.17) is 0 Å². The summed E-state index contributed by atoms with van der Waals surface area (Å²) in [5, 5.41) is 5.62. The first-order valence-electron chi connectivity index (χ1n) is 6.18. The highest BCUT2D eigenvalue weighted by molar-refractivity contribution is 5.32. The summed E-state index contributed by atoms with van der Waals surface area (Å²) in [6.45, 7) is -0.0427. The molecule has 1 aliphatic heterocycles. The fraction of sp³-hybridized carbons (Fsp3) is 0.538. The SMILES string of the molecule is FC(F)C(F)(F)CNCC1NCCc2ccccc21. The lowest BCUT2D eigenvalue weighted by Crippen LogP contribution is -2.43. The quantitative estimate of drug-likeness (QED) is 0.807. The molecule has 0 amide bonds. The molecule has 0 saturated carbocycles. The highest BCUT2D eigenvalue weighted by Gasteiger charge is 2.40. The van der Waals surface area contributed by atoms with Crippen molar-refractivity contribution in [2.75, 3.05) is 19.6 Å². The lowest BCUT2D eigenvalue weighted by atomic mass is 9.94. The topological polar surface area (TPSA) is 24.1 Å². The molecule has 0 saturated heterocycles. The van der Waals surface area contributed by atoms with Crippen LogP contribution in [0.5, 0.6) is 0 Å². The summed E-state index contributed by atoms with van der Waals surface area (Å²) >= 11 is 0. The molecular formula is C13H16F4N2. The van der Waals surface area contributed by atoms with Crippen LogP contribution in [0.3, 0.4) is 0 Å². The number of nitrogens with one attached hydrogen (secondary N) is 2. The Morgan fingerprint density at radius 2 is 2.05 bits per heavy atom. The lowest BCUT2D eigenvalue weighted by Gasteiger charge is -2.28. The van der Waals surface area contributed by atoms with Gasteiger partial charge in [0.1, 0.15) is 0 Å². The van der Waals surface area contributed by atoms with Gasteiger partial charge in [-0.3, -0.25) is 0 Å². The summed E-state index contributed by atoms with van der Waals surface area (Å²) in [4.78, 5) is 0. The molecular weight excluding hydrogens is 260 g/mol. The van der Waals surface area contributed by atoms with Gasteiger partial charge in [0.25, 0.3) is 0 Å². The average molecular weight is 276 g/mol. The van der Waals surface area contributed by atoms with Crippen molar-refractivity contribution in [1.29, 1.82) is 0 Å². The minimum atomic E-state index is -3.98. The van der Waals surface area contributed by atoms with Gasteiger partial charge in [0, 0.05) is 12.6 Å². The molecule has 106 valence electrons. The molecule has 0 spiro atoms. The van der Waals surface area contributed by atoms with E-state index in [2.05, 4.69) is 10.6 Å². The predicted octanol–water partition coefficient (Wildman–Crippen LogP) is 2.36. The van der Waals surface area contributed by atoms with Gasteiger partial charge in [-0.15, -0.1) is 0 Å². The zero-order chi connectivity index (χ0) is 13.9. The van der Waals surface area contributed by atoms with Gasteiger partial charge in [0.15, 0.2) is 0 Å². The third-order valence-corrected chi connectivity index (χ3v) is 3.24. The molecule has 1 aliphatic rings. The highest BCUT2D eigenvalue weighted by Crippen LogP contribution is 2.24. The van der Waals surface area contributed by atoms with Gasteiger partial charge in [-0.25, -0.2) is 8.78 Å². The van der Waals surface area contributed by atoms with Crippen LogP contribution in [0.15, 0.2) is 24.3 Å². The molecule has 0 bridgehead atoms. The Balaban J connectivity index is 1.91. The van der Waals surface area contributed by atoms with Crippen LogP contribution in [0, 0.1) is 0 Å². The first-order valence-corrected chi connectivity index (χ1v) is 6.18. The Labute approximate surface area is 109 Å². The third-order valence-electron chi connectivity index (χ3n) is 3.24. The van der Waals surface area contributed by atoms with Crippen LogP contribution in [-0.2, 0) is 6.42 Å². The molecule has 0 aliphatic carbocycles. The molecule has 1 atom stereocenters. The molecule has 2 rings (SSSR count). The van der Waals surface area contributed by atoms with E-state index < -0.39 is 18.9 Å². The zero-order valence-electron chi connectivity index (χ0n) is 10.3. The number of rotatable bonds is 5. The van der Waals surface area contributed by atoms with E-state index in [1.807, 2.05) is 24.3 Å². The van der Waals surface area contributed by atoms with Gasteiger partial charge < -0.3 is 10.6 Å². The summed E-state index contributed by atoms with van der Waals surface area (Å²) in [7, 11) is 0. The van der Waals surface area contributed by atoms with Crippen molar-refractivity contribution in [3.8, 4) is 0 Å². The Morgan fingerprint density at radius 3 is 2.79 bits per heavy atom. The predicted molar refractivity (Wildman–Crippen MR) is 64.7 cm³/mol. The van der Waals surface area contributed by atoms with Crippen LogP contribution < -0.4 is 10.6 Å². The standard InChI is InChI=1S/C13H16F4N2/c14-12(15)13(16,17)8-18-7-11-10-4-2-1-3-9(10)5-6-19-11/h1-4,11-12,18-19H,5-8H2. The summed E-state index contributed by atoms with van der Waals surface area (Å²) < 4.78 is 49.6. The van der Waals surface area contributed by atoms with Gasteiger partial charge in [-0.2, -0.15) is 8.78 Å². The van der Waals surface area contributed by atoms with Crippen molar-refractivity contribution in [2.45, 2.75) is 24.8 Å². The lowest BCUT2D eigenvalue weighted by molar-refractivity contribution is -0.125.